The number of likely N-dealkylation sites (tertiary alicyclic amines) is 1. The van der Waals surface area contributed by atoms with Crippen LogP contribution in [0.2, 0.25) is 0 Å². The predicted octanol–water partition coefficient (Wildman–Crippen LogP) is 1.93. The number of hydrogen-bond acceptors (Lipinski definition) is 2. The molecule has 0 bridgehead atoms. The molecule has 0 aromatic carbocycles. The second-order valence-electron chi connectivity index (χ2n) is 5.32. The van der Waals surface area contributed by atoms with Crippen LogP contribution >= 0.6 is 0 Å². The molecule has 1 aliphatic heterocycles. The van der Waals surface area contributed by atoms with E-state index < -0.39 is 12.0 Å². The van der Waals surface area contributed by atoms with Gasteiger partial charge in [0.05, 0.1) is 0 Å². The van der Waals surface area contributed by atoms with Crippen molar-refractivity contribution in [3.63, 3.8) is 0 Å². The van der Waals surface area contributed by atoms with Gasteiger partial charge in [-0.15, -0.1) is 0 Å². The molecule has 1 aliphatic rings. The van der Waals surface area contributed by atoms with Crippen molar-refractivity contribution in [1.29, 1.82) is 0 Å². The molecule has 0 aromatic heterocycles. The summed E-state index contributed by atoms with van der Waals surface area (Å²) in [4.78, 5) is 24.8. The van der Waals surface area contributed by atoms with Crippen molar-refractivity contribution in [2.75, 3.05) is 13.1 Å². The number of carbonyl (C=O) groups is 2. The SMILES string of the molecule is CC[C@@H](C)[C@H](NC(=O)N1CCC(C)CC1)C(=O)O. The molecule has 2 N–H and O–H groups in total. The lowest BCUT2D eigenvalue weighted by molar-refractivity contribution is -0.140. The molecule has 0 spiro atoms. The molecule has 18 heavy (non-hydrogen) atoms. The number of carboxylic acids is 1. The third-order valence-corrected chi connectivity index (χ3v) is 3.83. The highest BCUT2D eigenvalue weighted by Gasteiger charge is 2.28. The molecule has 1 saturated heterocycles. The van der Waals surface area contributed by atoms with E-state index in [1.807, 2.05) is 13.8 Å². The Kier molecular flexibility index (Phi) is 5.44. The Morgan fingerprint density at radius 3 is 2.39 bits per heavy atom. The Labute approximate surface area is 109 Å². The lowest BCUT2D eigenvalue weighted by atomic mass is 9.98. The van der Waals surface area contributed by atoms with E-state index in [4.69, 9.17) is 5.11 Å². The molecule has 1 fully saturated rings. The van der Waals surface area contributed by atoms with Crippen molar-refractivity contribution in [3.8, 4) is 0 Å². The maximum Gasteiger partial charge on any atom is 0.326 e. The zero-order chi connectivity index (χ0) is 13.7. The van der Waals surface area contributed by atoms with Gasteiger partial charge < -0.3 is 15.3 Å². The zero-order valence-electron chi connectivity index (χ0n) is 11.5. The van der Waals surface area contributed by atoms with Gasteiger partial charge in [0.15, 0.2) is 0 Å². The van der Waals surface area contributed by atoms with E-state index in [0.29, 0.717) is 5.92 Å². The van der Waals surface area contributed by atoms with Gasteiger partial charge in [0, 0.05) is 13.1 Å². The first kappa shape index (κ1) is 14.8. The number of carboxylic acid groups (broad SMARTS) is 1. The highest BCUT2D eigenvalue weighted by Crippen LogP contribution is 2.16. The predicted molar refractivity (Wildman–Crippen MR) is 69.4 cm³/mol. The summed E-state index contributed by atoms with van der Waals surface area (Å²) >= 11 is 0. The first-order chi connectivity index (χ1) is 8.45. The summed E-state index contributed by atoms with van der Waals surface area (Å²) in [6.45, 7) is 7.39. The Hall–Kier alpha value is -1.26. The van der Waals surface area contributed by atoms with E-state index in [9.17, 15) is 9.59 Å². The number of hydrogen-bond donors (Lipinski definition) is 2. The Bertz CT molecular complexity index is 299. The maximum atomic E-state index is 12.0. The van der Waals surface area contributed by atoms with Crippen LogP contribution in [-0.4, -0.2) is 41.1 Å². The first-order valence-corrected chi connectivity index (χ1v) is 6.74. The molecule has 0 unspecified atom stereocenters. The topological polar surface area (TPSA) is 69.6 Å². The molecular weight excluding hydrogens is 232 g/mol. The third-order valence-electron chi connectivity index (χ3n) is 3.83. The summed E-state index contributed by atoms with van der Waals surface area (Å²) in [5, 5.41) is 11.8. The van der Waals surface area contributed by atoms with Crippen molar-refractivity contribution in [3.05, 3.63) is 0 Å². The second-order valence-corrected chi connectivity index (χ2v) is 5.32. The number of amides is 2. The molecule has 0 saturated carbocycles. The number of urea groups is 1. The maximum absolute atomic E-state index is 12.0. The number of nitrogens with zero attached hydrogens (tertiary/aromatic N) is 1. The Balaban J connectivity index is 2.53. The molecule has 5 heteroatoms. The lowest BCUT2D eigenvalue weighted by Crippen LogP contribution is -2.52. The minimum atomic E-state index is -0.955. The normalized spacial score (nSPS) is 20.3. The van der Waals surface area contributed by atoms with Crippen LogP contribution in [0.3, 0.4) is 0 Å². The fourth-order valence-corrected chi connectivity index (χ4v) is 2.12. The number of rotatable bonds is 4. The van der Waals surface area contributed by atoms with Gasteiger partial charge in [0.1, 0.15) is 6.04 Å². The van der Waals surface area contributed by atoms with Crippen LogP contribution in [0.15, 0.2) is 0 Å². The average Bonchev–Trinajstić information content (AvgIpc) is 2.35. The van der Waals surface area contributed by atoms with Crippen LogP contribution in [0.5, 0.6) is 0 Å². The molecule has 0 aliphatic carbocycles. The molecule has 1 heterocycles. The van der Waals surface area contributed by atoms with Crippen LogP contribution in [0.4, 0.5) is 4.79 Å². The first-order valence-electron chi connectivity index (χ1n) is 6.74. The molecule has 0 aromatic rings. The van der Waals surface area contributed by atoms with Gasteiger partial charge in [-0.2, -0.15) is 0 Å². The van der Waals surface area contributed by atoms with Gasteiger partial charge in [-0.1, -0.05) is 27.2 Å². The van der Waals surface area contributed by atoms with Crippen LogP contribution in [0.25, 0.3) is 0 Å². The molecule has 1 rings (SSSR count). The Morgan fingerprint density at radius 2 is 1.94 bits per heavy atom. The summed E-state index contributed by atoms with van der Waals surface area (Å²) in [6.07, 6.45) is 2.72. The second kappa shape index (κ2) is 6.61. The van der Waals surface area contributed by atoms with Crippen LogP contribution in [-0.2, 0) is 4.79 Å². The average molecular weight is 256 g/mol. The van der Waals surface area contributed by atoms with Gasteiger partial charge in [0.2, 0.25) is 0 Å². The summed E-state index contributed by atoms with van der Waals surface area (Å²) in [5.74, 6) is -0.364. The quantitative estimate of drug-likeness (QED) is 0.807. The molecule has 0 radical (unpaired) electrons. The van der Waals surface area contributed by atoms with E-state index in [1.165, 1.54) is 0 Å². The number of nitrogens with one attached hydrogen (secondary N) is 1. The van der Waals surface area contributed by atoms with E-state index in [1.54, 1.807) is 4.90 Å². The van der Waals surface area contributed by atoms with Crippen molar-refractivity contribution in [1.82, 2.24) is 10.2 Å². The van der Waals surface area contributed by atoms with Crippen LogP contribution in [0, 0.1) is 11.8 Å². The monoisotopic (exact) mass is 256 g/mol. The highest BCUT2D eigenvalue weighted by molar-refractivity contribution is 5.82. The van der Waals surface area contributed by atoms with Gasteiger partial charge in [0.25, 0.3) is 0 Å². The Morgan fingerprint density at radius 1 is 1.39 bits per heavy atom. The summed E-state index contributed by atoms with van der Waals surface area (Å²) in [5.41, 5.74) is 0. The zero-order valence-corrected chi connectivity index (χ0v) is 11.5. The standard InChI is InChI=1S/C13H24N2O3/c1-4-10(3)11(12(16)17)14-13(18)15-7-5-9(2)6-8-15/h9-11H,4-8H2,1-3H3,(H,14,18)(H,16,17)/t10-,11+/m1/s1. The van der Waals surface area contributed by atoms with Crippen molar-refractivity contribution in [2.45, 2.75) is 46.1 Å². The minimum absolute atomic E-state index is 0.0600. The molecular formula is C13H24N2O3. The molecule has 104 valence electrons. The van der Waals surface area contributed by atoms with Gasteiger partial charge >= 0.3 is 12.0 Å². The van der Waals surface area contributed by atoms with Gasteiger partial charge in [-0.05, 0) is 24.7 Å². The van der Waals surface area contributed by atoms with E-state index in [2.05, 4.69) is 12.2 Å². The van der Waals surface area contributed by atoms with Crippen molar-refractivity contribution in [2.24, 2.45) is 11.8 Å². The van der Waals surface area contributed by atoms with E-state index in [-0.39, 0.29) is 11.9 Å². The number of aliphatic carboxylic acids is 1. The van der Waals surface area contributed by atoms with Crippen molar-refractivity contribution >= 4 is 12.0 Å². The summed E-state index contributed by atoms with van der Waals surface area (Å²) in [6, 6.07) is -1.03. The van der Waals surface area contributed by atoms with Crippen LogP contribution in [0.1, 0.15) is 40.0 Å². The third kappa shape index (κ3) is 3.89. The molecule has 2 amide bonds. The highest BCUT2D eigenvalue weighted by atomic mass is 16.4. The lowest BCUT2D eigenvalue weighted by Gasteiger charge is -2.32. The van der Waals surface area contributed by atoms with E-state index >= 15 is 0 Å². The van der Waals surface area contributed by atoms with E-state index in [0.717, 1.165) is 32.4 Å². The number of piperidine rings is 1. The van der Waals surface area contributed by atoms with Gasteiger partial charge in [-0.25, -0.2) is 9.59 Å². The van der Waals surface area contributed by atoms with Gasteiger partial charge in [-0.3, -0.25) is 0 Å². The smallest absolute Gasteiger partial charge is 0.326 e. The van der Waals surface area contributed by atoms with Crippen molar-refractivity contribution < 1.29 is 14.7 Å². The number of carbonyl (C=O) groups excluding carboxylic acids is 1. The largest absolute Gasteiger partial charge is 0.480 e. The fourth-order valence-electron chi connectivity index (χ4n) is 2.12. The molecule has 5 nitrogen and oxygen atoms in total. The summed E-state index contributed by atoms with van der Waals surface area (Å²) < 4.78 is 0. The van der Waals surface area contributed by atoms with Crippen LogP contribution < -0.4 is 5.32 Å². The minimum Gasteiger partial charge on any atom is -0.480 e. The fraction of sp³-hybridized carbons (Fsp3) is 0.846. The molecule has 2 atom stereocenters. The summed E-state index contributed by atoms with van der Waals surface area (Å²) in [7, 11) is 0.